The fraction of sp³-hybridized carbons (Fsp3) is 0.0455. The maximum absolute atomic E-state index is 13.0. The quantitative estimate of drug-likeness (QED) is 0.579. The molecule has 1 saturated heterocycles. The van der Waals surface area contributed by atoms with Crippen LogP contribution in [0.1, 0.15) is 21.7 Å². The van der Waals surface area contributed by atoms with Crippen molar-refractivity contribution in [2.45, 2.75) is 6.92 Å². The summed E-state index contributed by atoms with van der Waals surface area (Å²) in [6.45, 7) is 1.86. The zero-order valence-electron chi connectivity index (χ0n) is 15.7. The van der Waals surface area contributed by atoms with Gasteiger partial charge in [0.05, 0.1) is 16.2 Å². The van der Waals surface area contributed by atoms with Crippen LogP contribution in [0.3, 0.4) is 0 Å². The number of benzene rings is 2. The number of hydrogen-bond donors (Lipinski definition) is 2. The number of furan rings is 1. The Kier molecular flexibility index (Phi) is 5.24. The van der Waals surface area contributed by atoms with E-state index in [9.17, 15) is 19.1 Å². The minimum Gasteiger partial charge on any atom is -0.478 e. The molecule has 150 valence electrons. The molecule has 0 spiro atoms. The molecule has 0 aliphatic carbocycles. The number of amidine groups is 1. The predicted octanol–water partition coefficient (Wildman–Crippen LogP) is 4.98. The Morgan fingerprint density at radius 2 is 1.93 bits per heavy atom. The van der Waals surface area contributed by atoms with Crippen LogP contribution in [0, 0.1) is 12.7 Å². The Bertz CT molecular complexity index is 1210. The number of halogens is 1. The molecule has 4 rings (SSSR count). The molecule has 0 radical (unpaired) electrons. The summed E-state index contributed by atoms with van der Waals surface area (Å²) >= 11 is 1.15. The number of aromatic carboxylic acids is 1. The van der Waals surface area contributed by atoms with Crippen LogP contribution in [0.15, 0.2) is 68.9 Å². The van der Waals surface area contributed by atoms with E-state index in [2.05, 4.69) is 10.3 Å². The summed E-state index contributed by atoms with van der Waals surface area (Å²) in [5, 5.41) is 12.2. The summed E-state index contributed by atoms with van der Waals surface area (Å²) in [5.74, 6) is -0.739. The van der Waals surface area contributed by atoms with Crippen LogP contribution >= 0.6 is 11.8 Å². The van der Waals surface area contributed by atoms with E-state index in [-0.39, 0.29) is 17.3 Å². The second-order valence-electron chi connectivity index (χ2n) is 6.50. The summed E-state index contributed by atoms with van der Waals surface area (Å²) in [6.07, 6.45) is 1.59. The molecule has 0 atom stereocenters. The molecule has 2 aromatic carbocycles. The van der Waals surface area contributed by atoms with Crippen molar-refractivity contribution >= 4 is 40.6 Å². The van der Waals surface area contributed by atoms with Crippen molar-refractivity contribution in [2.24, 2.45) is 4.99 Å². The van der Waals surface area contributed by atoms with Gasteiger partial charge in [0.25, 0.3) is 5.91 Å². The Morgan fingerprint density at radius 1 is 1.17 bits per heavy atom. The molecule has 30 heavy (non-hydrogen) atoms. The Morgan fingerprint density at radius 3 is 2.67 bits per heavy atom. The molecule has 1 amide bonds. The molecule has 1 aliphatic heterocycles. The molecule has 0 unspecified atom stereocenters. The average Bonchev–Trinajstić information content (AvgIpc) is 3.31. The van der Waals surface area contributed by atoms with Gasteiger partial charge in [-0.1, -0.05) is 6.07 Å². The number of carboxylic acid groups (broad SMARTS) is 1. The predicted molar refractivity (Wildman–Crippen MR) is 113 cm³/mol. The maximum atomic E-state index is 13.0. The lowest BCUT2D eigenvalue weighted by atomic mass is 10.0. The fourth-order valence-corrected chi connectivity index (χ4v) is 3.66. The van der Waals surface area contributed by atoms with Crippen LogP contribution in [0.2, 0.25) is 0 Å². The van der Waals surface area contributed by atoms with Crippen LogP contribution in [0.5, 0.6) is 0 Å². The number of amides is 1. The molecule has 1 aromatic heterocycles. The molecular formula is C22H15FN2O4S. The zero-order valence-corrected chi connectivity index (χ0v) is 16.5. The van der Waals surface area contributed by atoms with Crippen LogP contribution in [0.25, 0.3) is 17.4 Å². The fourth-order valence-electron chi connectivity index (χ4n) is 2.84. The van der Waals surface area contributed by atoms with Crippen molar-refractivity contribution in [3.05, 3.63) is 82.2 Å². The third-order valence-electron chi connectivity index (χ3n) is 4.36. The molecule has 0 saturated carbocycles. The molecular weight excluding hydrogens is 407 g/mol. The third kappa shape index (κ3) is 4.18. The number of carboxylic acids is 1. The van der Waals surface area contributed by atoms with Crippen LogP contribution < -0.4 is 5.32 Å². The largest absolute Gasteiger partial charge is 0.478 e. The number of carbonyl (C=O) groups excluding carboxylic acids is 1. The van der Waals surface area contributed by atoms with E-state index in [1.807, 2.05) is 6.92 Å². The number of aliphatic imine (C=N–C) groups is 1. The van der Waals surface area contributed by atoms with Crippen molar-refractivity contribution in [3.63, 3.8) is 0 Å². The summed E-state index contributed by atoms with van der Waals surface area (Å²) in [6, 6.07) is 13.9. The molecule has 6 nitrogen and oxygen atoms in total. The zero-order chi connectivity index (χ0) is 21.3. The Balaban J connectivity index is 1.57. The van der Waals surface area contributed by atoms with Gasteiger partial charge < -0.3 is 14.8 Å². The number of aryl methyl sites for hydroxylation is 1. The second kappa shape index (κ2) is 8.00. The monoisotopic (exact) mass is 422 g/mol. The molecule has 1 aliphatic rings. The van der Waals surface area contributed by atoms with Gasteiger partial charge in [0, 0.05) is 11.6 Å². The van der Waals surface area contributed by atoms with Crippen molar-refractivity contribution < 1.29 is 23.5 Å². The van der Waals surface area contributed by atoms with E-state index < -0.39 is 5.97 Å². The normalized spacial score (nSPS) is 16.3. The number of nitrogens with one attached hydrogen (secondary N) is 1. The van der Waals surface area contributed by atoms with Crippen molar-refractivity contribution in [1.82, 2.24) is 5.32 Å². The van der Waals surface area contributed by atoms with Crippen LogP contribution in [-0.2, 0) is 4.79 Å². The average molecular weight is 422 g/mol. The first kappa shape index (κ1) is 19.7. The summed E-state index contributed by atoms with van der Waals surface area (Å²) in [5.41, 5.74) is 2.23. The van der Waals surface area contributed by atoms with Gasteiger partial charge in [-0.3, -0.25) is 4.79 Å². The second-order valence-corrected chi connectivity index (χ2v) is 7.53. The number of hydrogen-bond acceptors (Lipinski definition) is 5. The lowest BCUT2D eigenvalue weighted by Crippen LogP contribution is -2.19. The van der Waals surface area contributed by atoms with Gasteiger partial charge in [-0.05, 0) is 72.8 Å². The van der Waals surface area contributed by atoms with Gasteiger partial charge in [0.15, 0.2) is 5.17 Å². The van der Waals surface area contributed by atoms with Gasteiger partial charge >= 0.3 is 5.97 Å². The highest BCUT2D eigenvalue weighted by molar-refractivity contribution is 8.18. The molecule has 0 bridgehead atoms. The standard InChI is InChI=1S/C22H15FN2O4S/c1-12-2-3-13(21(27)28)10-17(12)18-9-8-16(29-18)11-19-20(26)25-22(30-19)24-15-6-4-14(23)5-7-15/h2-11H,1H3,(H,27,28)(H,24,25,26)/b19-11+. The van der Waals surface area contributed by atoms with E-state index in [1.165, 1.54) is 30.3 Å². The van der Waals surface area contributed by atoms with E-state index >= 15 is 0 Å². The van der Waals surface area contributed by atoms with E-state index in [4.69, 9.17) is 4.42 Å². The maximum Gasteiger partial charge on any atom is 0.335 e. The molecule has 8 heteroatoms. The third-order valence-corrected chi connectivity index (χ3v) is 5.27. The first-order valence-electron chi connectivity index (χ1n) is 8.88. The molecule has 2 heterocycles. The van der Waals surface area contributed by atoms with Crippen molar-refractivity contribution in [3.8, 4) is 11.3 Å². The number of rotatable bonds is 4. The first-order chi connectivity index (χ1) is 14.4. The Labute approximate surface area is 175 Å². The van der Waals surface area contributed by atoms with E-state index in [0.717, 1.165) is 17.3 Å². The number of carbonyl (C=O) groups is 2. The van der Waals surface area contributed by atoms with Gasteiger partial charge in [-0.15, -0.1) is 0 Å². The smallest absolute Gasteiger partial charge is 0.335 e. The van der Waals surface area contributed by atoms with Crippen molar-refractivity contribution in [1.29, 1.82) is 0 Å². The highest BCUT2D eigenvalue weighted by atomic mass is 32.2. The van der Waals surface area contributed by atoms with Crippen LogP contribution in [0.4, 0.5) is 10.1 Å². The highest BCUT2D eigenvalue weighted by Gasteiger charge is 2.24. The minimum absolute atomic E-state index is 0.166. The van der Waals surface area contributed by atoms with Crippen LogP contribution in [-0.4, -0.2) is 22.2 Å². The van der Waals surface area contributed by atoms with Gasteiger partial charge in [0.2, 0.25) is 0 Å². The SMILES string of the molecule is Cc1ccc(C(=O)O)cc1-c1ccc(/C=C2/SC(=Nc3ccc(F)cc3)NC2=O)o1. The number of thioether (sulfide) groups is 1. The van der Waals surface area contributed by atoms with E-state index in [1.54, 1.807) is 30.3 Å². The number of nitrogens with zero attached hydrogens (tertiary/aromatic N) is 1. The summed E-state index contributed by atoms with van der Waals surface area (Å²) in [4.78, 5) is 28.1. The summed E-state index contributed by atoms with van der Waals surface area (Å²) < 4.78 is 18.8. The molecule has 1 fully saturated rings. The lowest BCUT2D eigenvalue weighted by Gasteiger charge is -2.04. The first-order valence-corrected chi connectivity index (χ1v) is 9.70. The van der Waals surface area contributed by atoms with E-state index in [0.29, 0.717) is 32.8 Å². The lowest BCUT2D eigenvalue weighted by molar-refractivity contribution is -0.115. The Hall–Kier alpha value is -3.65. The molecule has 2 N–H and O–H groups in total. The van der Waals surface area contributed by atoms with Gasteiger partial charge in [0.1, 0.15) is 17.3 Å². The molecule has 3 aromatic rings. The topological polar surface area (TPSA) is 91.9 Å². The highest BCUT2D eigenvalue weighted by Crippen LogP contribution is 2.31. The minimum atomic E-state index is -1.02. The summed E-state index contributed by atoms with van der Waals surface area (Å²) in [7, 11) is 0. The van der Waals surface area contributed by atoms with Gasteiger partial charge in [-0.25, -0.2) is 14.2 Å². The van der Waals surface area contributed by atoms with Crippen molar-refractivity contribution in [2.75, 3.05) is 0 Å². The van der Waals surface area contributed by atoms with Gasteiger partial charge in [-0.2, -0.15) is 0 Å².